The van der Waals surface area contributed by atoms with Crippen LogP contribution in [0.5, 0.6) is 0 Å². The lowest BCUT2D eigenvalue weighted by molar-refractivity contribution is 1.11. The van der Waals surface area contributed by atoms with Gasteiger partial charge in [-0.15, -0.1) is 0 Å². The molecule has 4 nitrogen and oxygen atoms in total. The van der Waals surface area contributed by atoms with E-state index in [0.717, 1.165) is 12.4 Å². The molecule has 2 rings (SSSR count). The number of benzene rings is 1. The van der Waals surface area contributed by atoms with Gasteiger partial charge >= 0.3 is 0 Å². The normalized spacial score (nSPS) is 10.0. The van der Waals surface area contributed by atoms with Crippen molar-refractivity contribution in [3.05, 3.63) is 48.0 Å². The van der Waals surface area contributed by atoms with Gasteiger partial charge in [0.2, 0.25) is 0 Å². The zero-order chi connectivity index (χ0) is 11.4. The van der Waals surface area contributed by atoms with Crippen molar-refractivity contribution in [3.63, 3.8) is 0 Å². The lowest BCUT2D eigenvalue weighted by Crippen LogP contribution is -2.04. The van der Waals surface area contributed by atoms with Crippen molar-refractivity contribution in [2.24, 2.45) is 0 Å². The molecule has 4 heteroatoms. The fraction of sp³-hybridized carbons (Fsp3) is 0.0833. The molecule has 0 aliphatic carbocycles. The number of hydrogen-bond donors (Lipinski definition) is 3. The van der Waals surface area contributed by atoms with Crippen molar-refractivity contribution in [2.75, 3.05) is 16.8 Å². The van der Waals surface area contributed by atoms with Gasteiger partial charge in [0.25, 0.3) is 0 Å². The molecule has 16 heavy (non-hydrogen) atoms. The van der Waals surface area contributed by atoms with E-state index in [0.29, 0.717) is 11.5 Å². The Morgan fingerprint density at radius 3 is 2.44 bits per heavy atom. The molecule has 82 valence electrons. The van der Waals surface area contributed by atoms with Crippen LogP contribution >= 0.6 is 0 Å². The van der Waals surface area contributed by atoms with Gasteiger partial charge in [0.05, 0.1) is 5.69 Å². The average Bonchev–Trinajstić information content (AvgIpc) is 2.32. The molecule has 1 heterocycles. The molecule has 1 aromatic heterocycles. The summed E-state index contributed by atoms with van der Waals surface area (Å²) in [6.45, 7) is 0.719. The Morgan fingerprint density at radius 1 is 1.00 bits per heavy atom. The molecule has 0 saturated carbocycles. The minimum atomic E-state index is 0.359. The summed E-state index contributed by atoms with van der Waals surface area (Å²) in [5.74, 6) is 1.09. The van der Waals surface area contributed by atoms with Crippen LogP contribution in [-0.2, 0) is 6.54 Å². The summed E-state index contributed by atoms with van der Waals surface area (Å²) in [5, 5.41) is 3.18. The maximum atomic E-state index is 5.61. The third-order valence-corrected chi connectivity index (χ3v) is 2.27. The molecule has 0 bridgehead atoms. The number of nitrogen functional groups attached to an aromatic ring is 2. The molecule has 0 amide bonds. The fourth-order valence-electron chi connectivity index (χ4n) is 1.37. The number of pyridine rings is 1. The number of nitrogens with zero attached hydrogens (tertiary/aromatic N) is 1. The van der Waals surface area contributed by atoms with Crippen molar-refractivity contribution < 1.29 is 0 Å². The van der Waals surface area contributed by atoms with E-state index in [1.54, 1.807) is 6.07 Å². The number of hydrogen-bond acceptors (Lipinski definition) is 4. The standard InChI is InChI=1S/C12H14N4/c13-10-6-7-11(16-12(10)14)15-8-9-4-2-1-3-5-9/h1-7H,8,13H2,(H3,14,15,16). The fourth-order valence-corrected chi connectivity index (χ4v) is 1.37. The van der Waals surface area contributed by atoms with E-state index >= 15 is 0 Å². The molecule has 0 aliphatic rings. The highest BCUT2D eigenvalue weighted by molar-refractivity contribution is 5.61. The quantitative estimate of drug-likeness (QED) is 0.728. The Bertz CT molecular complexity index is 468. The van der Waals surface area contributed by atoms with Gasteiger partial charge in [-0.05, 0) is 17.7 Å². The van der Waals surface area contributed by atoms with Crippen molar-refractivity contribution in [2.45, 2.75) is 6.54 Å². The van der Waals surface area contributed by atoms with Crippen LogP contribution < -0.4 is 16.8 Å². The number of aromatic nitrogens is 1. The Labute approximate surface area is 94.3 Å². The predicted molar refractivity (Wildman–Crippen MR) is 66.8 cm³/mol. The Hall–Kier alpha value is -2.23. The molecule has 0 atom stereocenters. The van der Waals surface area contributed by atoms with E-state index in [1.807, 2.05) is 36.4 Å². The van der Waals surface area contributed by atoms with Crippen molar-refractivity contribution in [3.8, 4) is 0 Å². The van der Waals surface area contributed by atoms with Crippen LogP contribution in [0.3, 0.4) is 0 Å². The smallest absolute Gasteiger partial charge is 0.149 e. The van der Waals surface area contributed by atoms with Gasteiger partial charge in [0, 0.05) is 6.54 Å². The summed E-state index contributed by atoms with van der Waals surface area (Å²) in [7, 11) is 0. The second kappa shape index (κ2) is 4.53. The van der Waals surface area contributed by atoms with E-state index in [2.05, 4.69) is 10.3 Å². The lowest BCUT2D eigenvalue weighted by Gasteiger charge is -2.07. The Balaban J connectivity index is 2.03. The Morgan fingerprint density at radius 2 is 1.75 bits per heavy atom. The molecule has 0 spiro atoms. The monoisotopic (exact) mass is 214 g/mol. The molecule has 1 aromatic carbocycles. The first-order valence-electron chi connectivity index (χ1n) is 5.05. The summed E-state index contributed by atoms with van der Waals surface area (Å²) < 4.78 is 0. The van der Waals surface area contributed by atoms with Gasteiger partial charge < -0.3 is 16.8 Å². The average molecular weight is 214 g/mol. The molecule has 5 N–H and O–H groups in total. The number of rotatable bonds is 3. The Kier molecular flexibility index (Phi) is 2.91. The first kappa shape index (κ1) is 10.3. The number of nitrogens with one attached hydrogen (secondary N) is 1. The minimum absolute atomic E-state index is 0.359. The van der Waals surface area contributed by atoms with Crippen LogP contribution in [0.1, 0.15) is 5.56 Å². The van der Waals surface area contributed by atoms with Crippen LogP contribution in [0.4, 0.5) is 17.3 Å². The van der Waals surface area contributed by atoms with Crippen molar-refractivity contribution >= 4 is 17.3 Å². The molecule has 0 unspecified atom stereocenters. The second-order valence-corrected chi connectivity index (χ2v) is 3.51. The summed E-state index contributed by atoms with van der Waals surface area (Å²) in [4.78, 5) is 4.13. The SMILES string of the molecule is Nc1ccc(NCc2ccccc2)nc1N. The highest BCUT2D eigenvalue weighted by atomic mass is 15.0. The largest absolute Gasteiger partial charge is 0.396 e. The van der Waals surface area contributed by atoms with Crippen LogP contribution in [0.25, 0.3) is 0 Å². The minimum Gasteiger partial charge on any atom is -0.396 e. The zero-order valence-electron chi connectivity index (χ0n) is 8.85. The summed E-state index contributed by atoms with van der Waals surface area (Å²) in [6, 6.07) is 13.7. The first-order chi connectivity index (χ1) is 7.75. The zero-order valence-corrected chi connectivity index (χ0v) is 8.85. The van der Waals surface area contributed by atoms with Gasteiger partial charge in [-0.25, -0.2) is 4.98 Å². The first-order valence-corrected chi connectivity index (χ1v) is 5.05. The van der Waals surface area contributed by atoms with E-state index in [9.17, 15) is 0 Å². The van der Waals surface area contributed by atoms with Crippen LogP contribution in [0.15, 0.2) is 42.5 Å². The molecular weight excluding hydrogens is 200 g/mol. The van der Waals surface area contributed by atoms with E-state index in [1.165, 1.54) is 5.56 Å². The van der Waals surface area contributed by atoms with E-state index in [-0.39, 0.29) is 0 Å². The van der Waals surface area contributed by atoms with Gasteiger partial charge in [0.1, 0.15) is 11.6 Å². The molecule has 0 fully saturated rings. The third-order valence-electron chi connectivity index (χ3n) is 2.27. The summed E-state index contributed by atoms with van der Waals surface area (Å²) in [5.41, 5.74) is 12.9. The van der Waals surface area contributed by atoms with Gasteiger partial charge in [-0.1, -0.05) is 30.3 Å². The molecule has 2 aromatic rings. The van der Waals surface area contributed by atoms with Gasteiger partial charge in [-0.3, -0.25) is 0 Å². The van der Waals surface area contributed by atoms with Crippen molar-refractivity contribution in [1.82, 2.24) is 4.98 Å². The number of nitrogens with two attached hydrogens (primary N) is 2. The van der Waals surface area contributed by atoms with Crippen molar-refractivity contribution in [1.29, 1.82) is 0 Å². The maximum absolute atomic E-state index is 5.61. The number of anilines is 3. The molecule has 0 radical (unpaired) electrons. The molecule has 0 aliphatic heterocycles. The topological polar surface area (TPSA) is 77.0 Å². The lowest BCUT2D eigenvalue weighted by atomic mass is 10.2. The second-order valence-electron chi connectivity index (χ2n) is 3.51. The van der Waals surface area contributed by atoms with Gasteiger partial charge in [0.15, 0.2) is 0 Å². The van der Waals surface area contributed by atoms with Crippen LogP contribution in [0, 0.1) is 0 Å². The predicted octanol–water partition coefficient (Wildman–Crippen LogP) is 1.86. The van der Waals surface area contributed by atoms with E-state index < -0.39 is 0 Å². The molecule has 0 saturated heterocycles. The molecular formula is C12H14N4. The summed E-state index contributed by atoms with van der Waals surface area (Å²) >= 11 is 0. The third kappa shape index (κ3) is 2.42. The summed E-state index contributed by atoms with van der Waals surface area (Å²) in [6.07, 6.45) is 0. The van der Waals surface area contributed by atoms with Crippen LogP contribution in [-0.4, -0.2) is 4.98 Å². The van der Waals surface area contributed by atoms with E-state index in [4.69, 9.17) is 11.5 Å². The maximum Gasteiger partial charge on any atom is 0.149 e. The van der Waals surface area contributed by atoms with Crippen LogP contribution in [0.2, 0.25) is 0 Å². The highest BCUT2D eigenvalue weighted by Gasteiger charge is 1.98. The van der Waals surface area contributed by atoms with Gasteiger partial charge in [-0.2, -0.15) is 0 Å². The highest BCUT2D eigenvalue weighted by Crippen LogP contribution is 2.15.